The highest BCUT2D eigenvalue weighted by Crippen LogP contribution is 2.26. The van der Waals surface area contributed by atoms with Gasteiger partial charge in [0, 0.05) is 37.7 Å². The van der Waals surface area contributed by atoms with Gasteiger partial charge < -0.3 is 13.8 Å². The third-order valence-corrected chi connectivity index (χ3v) is 4.34. The van der Waals surface area contributed by atoms with Crippen molar-refractivity contribution in [1.29, 1.82) is 0 Å². The smallest absolute Gasteiger partial charge is 0.308 e. The Labute approximate surface area is 136 Å². The van der Waals surface area contributed by atoms with E-state index >= 15 is 0 Å². The molecule has 0 radical (unpaired) electrons. The zero-order valence-electron chi connectivity index (χ0n) is 12.8. The molecule has 0 aliphatic heterocycles. The van der Waals surface area contributed by atoms with E-state index in [9.17, 15) is 13.2 Å². The molecule has 1 aromatic carbocycles. The van der Waals surface area contributed by atoms with Crippen molar-refractivity contribution in [2.45, 2.75) is 20.4 Å². The minimum absolute atomic E-state index is 0.144. The van der Waals surface area contributed by atoms with Gasteiger partial charge in [0.25, 0.3) is 0 Å². The van der Waals surface area contributed by atoms with Crippen LogP contribution in [-0.2, 0) is 26.2 Å². The molecule has 0 aliphatic carbocycles. The summed E-state index contributed by atoms with van der Waals surface area (Å²) in [6.45, 7) is 3.88. The molecular formula is C14H20ClNO5S. The second-order valence-electron chi connectivity index (χ2n) is 4.62. The average Bonchev–Trinajstić information content (AvgIpc) is 2.45. The largest absolute Gasteiger partial charge is 0.383 e. The van der Waals surface area contributed by atoms with Crippen LogP contribution in [0.15, 0.2) is 18.2 Å². The molecule has 1 amide bonds. The van der Waals surface area contributed by atoms with Crippen LogP contribution in [0.25, 0.3) is 0 Å². The SMILES string of the molecule is CCS(=O)(=O)Oc1ccc(Cl)cc1CN(CCOC)C(C)=O. The van der Waals surface area contributed by atoms with Gasteiger partial charge in [0.15, 0.2) is 0 Å². The van der Waals surface area contributed by atoms with Crippen molar-refractivity contribution in [2.75, 3.05) is 26.0 Å². The molecule has 1 aromatic rings. The van der Waals surface area contributed by atoms with Crippen LogP contribution >= 0.6 is 11.6 Å². The fourth-order valence-electron chi connectivity index (χ4n) is 1.70. The number of nitrogens with zero attached hydrogens (tertiary/aromatic N) is 1. The van der Waals surface area contributed by atoms with Gasteiger partial charge in [-0.1, -0.05) is 11.6 Å². The van der Waals surface area contributed by atoms with Gasteiger partial charge in [0.1, 0.15) is 5.75 Å². The number of benzene rings is 1. The summed E-state index contributed by atoms with van der Waals surface area (Å²) in [4.78, 5) is 13.2. The highest BCUT2D eigenvalue weighted by atomic mass is 35.5. The average molecular weight is 350 g/mol. The van der Waals surface area contributed by atoms with Gasteiger partial charge in [-0.05, 0) is 25.1 Å². The van der Waals surface area contributed by atoms with Gasteiger partial charge in [-0.25, -0.2) is 0 Å². The second kappa shape index (κ2) is 8.36. The molecule has 0 aromatic heterocycles. The lowest BCUT2D eigenvalue weighted by molar-refractivity contribution is -0.130. The molecule has 0 aliphatic rings. The van der Waals surface area contributed by atoms with Crippen molar-refractivity contribution in [2.24, 2.45) is 0 Å². The van der Waals surface area contributed by atoms with Crippen LogP contribution in [0.2, 0.25) is 5.02 Å². The summed E-state index contributed by atoms with van der Waals surface area (Å²) >= 11 is 5.96. The summed E-state index contributed by atoms with van der Waals surface area (Å²) in [6.07, 6.45) is 0. The number of hydrogen-bond donors (Lipinski definition) is 0. The zero-order chi connectivity index (χ0) is 16.8. The number of rotatable bonds is 8. The van der Waals surface area contributed by atoms with E-state index in [1.165, 1.54) is 24.8 Å². The van der Waals surface area contributed by atoms with Crippen molar-refractivity contribution in [1.82, 2.24) is 4.90 Å². The lowest BCUT2D eigenvalue weighted by atomic mass is 10.2. The summed E-state index contributed by atoms with van der Waals surface area (Å²) in [7, 11) is -2.11. The molecule has 124 valence electrons. The minimum Gasteiger partial charge on any atom is -0.383 e. The predicted molar refractivity (Wildman–Crippen MR) is 84.5 cm³/mol. The van der Waals surface area contributed by atoms with Crippen molar-refractivity contribution in [3.05, 3.63) is 28.8 Å². The fourth-order valence-corrected chi connectivity index (χ4v) is 2.45. The third kappa shape index (κ3) is 5.82. The molecule has 0 saturated carbocycles. The van der Waals surface area contributed by atoms with Crippen LogP contribution in [0, 0.1) is 0 Å². The summed E-state index contributed by atoms with van der Waals surface area (Å²) in [5.74, 6) is -0.119. The normalized spacial score (nSPS) is 11.3. The molecule has 0 fully saturated rings. The number of amides is 1. The lowest BCUT2D eigenvalue weighted by Gasteiger charge is -2.22. The maximum Gasteiger partial charge on any atom is 0.308 e. The molecule has 0 heterocycles. The van der Waals surface area contributed by atoms with E-state index in [0.717, 1.165) is 0 Å². The van der Waals surface area contributed by atoms with Crippen molar-refractivity contribution in [3.63, 3.8) is 0 Å². The molecule has 0 saturated heterocycles. The molecular weight excluding hydrogens is 330 g/mol. The Hall–Kier alpha value is -1.31. The van der Waals surface area contributed by atoms with Gasteiger partial charge >= 0.3 is 10.1 Å². The Balaban J connectivity index is 3.05. The van der Waals surface area contributed by atoms with Crippen LogP contribution in [0.1, 0.15) is 19.4 Å². The van der Waals surface area contributed by atoms with Crippen molar-refractivity contribution < 1.29 is 22.1 Å². The first kappa shape index (κ1) is 18.7. The summed E-state index contributed by atoms with van der Waals surface area (Å²) in [6, 6.07) is 4.61. The quantitative estimate of drug-likeness (QED) is 0.672. The van der Waals surface area contributed by atoms with Crippen LogP contribution in [0.4, 0.5) is 0 Å². The monoisotopic (exact) mass is 349 g/mol. The molecule has 0 N–H and O–H groups in total. The molecule has 0 spiro atoms. The number of ether oxygens (including phenoxy) is 1. The molecule has 22 heavy (non-hydrogen) atoms. The van der Waals surface area contributed by atoms with Gasteiger partial charge in [-0.15, -0.1) is 0 Å². The van der Waals surface area contributed by atoms with Crippen molar-refractivity contribution >= 4 is 27.6 Å². The van der Waals surface area contributed by atoms with E-state index in [1.54, 1.807) is 19.2 Å². The van der Waals surface area contributed by atoms with E-state index < -0.39 is 10.1 Å². The Morgan fingerprint density at radius 1 is 1.36 bits per heavy atom. The maximum absolute atomic E-state index is 11.7. The lowest BCUT2D eigenvalue weighted by Crippen LogP contribution is -2.31. The second-order valence-corrected chi connectivity index (χ2v) is 6.91. The molecule has 0 unspecified atom stereocenters. The fraction of sp³-hybridized carbons (Fsp3) is 0.500. The van der Waals surface area contributed by atoms with Crippen molar-refractivity contribution in [3.8, 4) is 5.75 Å². The van der Waals surface area contributed by atoms with E-state index in [0.29, 0.717) is 23.7 Å². The van der Waals surface area contributed by atoms with Gasteiger partial charge in [0.2, 0.25) is 5.91 Å². The van der Waals surface area contributed by atoms with E-state index in [4.69, 9.17) is 20.5 Å². The number of carbonyl (C=O) groups excluding carboxylic acids is 1. The molecule has 1 rings (SSSR count). The van der Waals surface area contributed by atoms with Gasteiger partial charge in [-0.3, -0.25) is 4.79 Å². The first-order valence-electron chi connectivity index (χ1n) is 6.74. The van der Waals surface area contributed by atoms with E-state index in [1.807, 2.05) is 0 Å². The first-order chi connectivity index (χ1) is 10.3. The molecule has 0 atom stereocenters. The summed E-state index contributed by atoms with van der Waals surface area (Å²) < 4.78 is 33.3. The van der Waals surface area contributed by atoms with Crippen LogP contribution in [0.3, 0.4) is 0 Å². The first-order valence-corrected chi connectivity index (χ1v) is 8.69. The Morgan fingerprint density at radius 2 is 2.05 bits per heavy atom. The molecule has 6 nitrogen and oxygen atoms in total. The van der Waals surface area contributed by atoms with E-state index in [2.05, 4.69) is 0 Å². The van der Waals surface area contributed by atoms with Gasteiger partial charge in [-0.2, -0.15) is 8.42 Å². The maximum atomic E-state index is 11.7. The number of halogens is 1. The predicted octanol–water partition coefficient (Wildman–Crippen LogP) is 2.06. The molecule has 8 heteroatoms. The Kier molecular flexibility index (Phi) is 7.12. The van der Waals surface area contributed by atoms with Crippen LogP contribution in [-0.4, -0.2) is 45.2 Å². The Bertz CT molecular complexity index is 618. The number of hydrogen-bond acceptors (Lipinski definition) is 5. The topological polar surface area (TPSA) is 72.9 Å². The van der Waals surface area contributed by atoms with Crippen LogP contribution in [0.5, 0.6) is 5.75 Å². The molecule has 0 bridgehead atoms. The Morgan fingerprint density at radius 3 is 2.59 bits per heavy atom. The highest BCUT2D eigenvalue weighted by Gasteiger charge is 2.17. The van der Waals surface area contributed by atoms with Crippen LogP contribution < -0.4 is 4.18 Å². The highest BCUT2D eigenvalue weighted by molar-refractivity contribution is 7.87. The number of carbonyl (C=O) groups is 1. The summed E-state index contributed by atoms with van der Waals surface area (Å²) in [5.41, 5.74) is 0.524. The zero-order valence-corrected chi connectivity index (χ0v) is 14.4. The third-order valence-electron chi connectivity index (χ3n) is 2.96. The standard InChI is InChI=1S/C14H20ClNO5S/c1-4-22(18,19)21-14-6-5-13(15)9-12(14)10-16(11(2)17)7-8-20-3/h5-6,9H,4,7-8,10H2,1-3H3. The van der Waals surface area contributed by atoms with Gasteiger partial charge in [0.05, 0.1) is 12.4 Å². The minimum atomic E-state index is -3.65. The summed E-state index contributed by atoms with van der Waals surface area (Å²) in [5, 5.41) is 0.437. The number of methoxy groups -OCH3 is 1. The van der Waals surface area contributed by atoms with E-state index in [-0.39, 0.29) is 24.0 Å².